The standard InChI is InChI=1S/C16H19N5O4S2/c1-10-4-6-11(7-5-10)27(24,25)20-14(23)19-21-13(22)12(16(2)8-9-16)17-18-15(21)26-3/h4-7H,8-9H2,1-3H3,(H2,19,20,23). The summed E-state index contributed by atoms with van der Waals surface area (Å²) in [6.07, 6.45) is 3.29. The molecule has 0 bridgehead atoms. The summed E-state index contributed by atoms with van der Waals surface area (Å²) in [5.41, 5.74) is 2.53. The van der Waals surface area contributed by atoms with Gasteiger partial charge in [-0.25, -0.2) is 23.4 Å². The molecule has 9 nitrogen and oxygen atoms in total. The lowest BCUT2D eigenvalue weighted by atomic mass is 10.1. The molecule has 2 amide bonds. The van der Waals surface area contributed by atoms with Crippen LogP contribution in [0.4, 0.5) is 4.79 Å². The molecule has 0 unspecified atom stereocenters. The summed E-state index contributed by atoms with van der Waals surface area (Å²) in [7, 11) is -4.08. The SMILES string of the molecule is CSc1nnc(C2(C)CC2)c(=O)n1NC(=O)NS(=O)(=O)c1ccc(C)cc1. The fourth-order valence-corrected chi connectivity index (χ4v) is 3.77. The first-order chi connectivity index (χ1) is 12.7. The number of thioether (sulfide) groups is 1. The van der Waals surface area contributed by atoms with E-state index < -0.39 is 21.6 Å². The van der Waals surface area contributed by atoms with E-state index in [1.54, 1.807) is 18.4 Å². The number of nitrogens with zero attached hydrogens (tertiary/aromatic N) is 3. The van der Waals surface area contributed by atoms with E-state index in [4.69, 9.17) is 0 Å². The van der Waals surface area contributed by atoms with Gasteiger partial charge in [-0.15, -0.1) is 10.2 Å². The number of carbonyl (C=O) groups is 1. The largest absolute Gasteiger partial charge is 0.347 e. The zero-order valence-electron chi connectivity index (χ0n) is 15.0. The van der Waals surface area contributed by atoms with E-state index in [1.165, 1.54) is 12.1 Å². The van der Waals surface area contributed by atoms with Crippen molar-refractivity contribution in [2.24, 2.45) is 0 Å². The van der Waals surface area contributed by atoms with Crippen molar-refractivity contribution in [3.63, 3.8) is 0 Å². The van der Waals surface area contributed by atoms with Crippen molar-refractivity contribution in [2.75, 3.05) is 11.7 Å². The Morgan fingerprint density at radius 3 is 2.41 bits per heavy atom. The molecule has 144 valence electrons. The number of aromatic nitrogens is 3. The van der Waals surface area contributed by atoms with E-state index in [-0.39, 0.29) is 21.2 Å². The number of hydrogen-bond acceptors (Lipinski definition) is 7. The molecule has 27 heavy (non-hydrogen) atoms. The van der Waals surface area contributed by atoms with E-state index in [1.807, 2.05) is 18.6 Å². The molecule has 3 rings (SSSR count). The molecule has 2 N–H and O–H groups in total. The maximum Gasteiger partial charge on any atom is 0.347 e. The number of carbonyl (C=O) groups excluding carboxylic acids is 1. The van der Waals surface area contributed by atoms with Crippen molar-refractivity contribution in [2.45, 2.75) is 42.2 Å². The number of nitrogens with one attached hydrogen (secondary N) is 2. The number of benzene rings is 1. The zero-order valence-corrected chi connectivity index (χ0v) is 16.6. The highest BCUT2D eigenvalue weighted by atomic mass is 32.2. The molecular weight excluding hydrogens is 390 g/mol. The minimum absolute atomic E-state index is 0.0558. The number of amides is 2. The number of rotatable bonds is 5. The van der Waals surface area contributed by atoms with E-state index >= 15 is 0 Å². The van der Waals surface area contributed by atoms with Gasteiger partial charge in [0, 0.05) is 5.41 Å². The van der Waals surface area contributed by atoms with Gasteiger partial charge in [0.25, 0.3) is 15.6 Å². The van der Waals surface area contributed by atoms with Gasteiger partial charge in [0.2, 0.25) is 5.16 Å². The summed E-state index contributed by atoms with van der Waals surface area (Å²) >= 11 is 1.10. The molecule has 0 atom stereocenters. The lowest BCUT2D eigenvalue weighted by Crippen LogP contribution is -2.44. The van der Waals surface area contributed by atoms with Crippen LogP contribution in [0.1, 0.15) is 31.0 Å². The van der Waals surface area contributed by atoms with Gasteiger partial charge in [0.05, 0.1) is 4.90 Å². The molecule has 1 aliphatic rings. The summed E-state index contributed by atoms with van der Waals surface area (Å²) in [5, 5.41) is 8.10. The molecule has 11 heteroatoms. The van der Waals surface area contributed by atoms with Crippen LogP contribution in [0.3, 0.4) is 0 Å². The second kappa shape index (κ2) is 6.97. The molecular formula is C16H19N5O4S2. The Morgan fingerprint density at radius 2 is 1.85 bits per heavy atom. The molecule has 0 aliphatic heterocycles. The number of aryl methyl sites for hydroxylation is 1. The minimum atomic E-state index is -4.08. The van der Waals surface area contributed by atoms with E-state index in [9.17, 15) is 18.0 Å². The Labute approximate surface area is 160 Å². The maximum absolute atomic E-state index is 12.7. The monoisotopic (exact) mass is 409 g/mol. The van der Waals surface area contributed by atoms with Gasteiger partial charge in [0.1, 0.15) is 5.69 Å². The van der Waals surface area contributed by atoms with Gasteiger partial charge in [0.15, 0.2) is 0 Å². The van der Waals surface area contributed by atoms with Crippen LogP contribution < -0.4 is 15.7 Å². The van der Waals surface area contributed by atoms with E-state index in [2.05, 4.69) is 15.6 Å². The third kappa shape index (κ3) is 3.98. The third-order valence-corrected chi connectivity index (χ3v) is 6.33. The van der Waals surface area contributed by atoms with Crippen molar-refractivity contribution in [1.82, 2.24) is 19.6 Å². The smallest absolute Gasteiger partial charge is 0.265 e. The van der Waals surface area contributed by atoms with Crippen LogP contribution in [0.2, 0.25) is 0 Å². The van der Waals surface area contributed by atoms with E-state index in [0.29, 0.717) is 0 Å². The van der Waals surface area contributed by atoms with Crippen molar-refractivity contribution in [1.29, 1.82) is 0 Å². The topological polar surface area (TPSA) is 123 Å². The van der Waals surface area contributed by atoms with Crippen LogP contribution in [0.5, 0.6) is 0 Å². The lowest BCUT2D eigenvalue weighted by Gasteiger charge is -2.15. The minimum Gasteiger partial charge on any atom is -0.265 e. The Kier molecular flexibility index (Phi) is 5.00. The highest BCUT2D eigenvalue weighted by Crippen LogP contribution is 2.45. The highest BCUT2D eigenvalue weighted by Gasteiger charge is 2.44. The van der Waals surface area contributed by atoms with Crippen LogP contribution in [0.15, 0.2) is 39.1 Å². The molecule has 1 aliphatic carbocycles. The zero-order chi connectivity index (χ0) is 19.8. The summed E-state index contributed by atoms with van der Waals surface area (Å²) in [6, 6.07) is 4.97. The van der Waals surface area contributed by atoms with Gasteiger partial charge in [-0.05, 0) is 38.2 Å². The third-order valence-electron chi connectivity index (χ3n) is 4.36. The summed E-state index contributed by atoms with van der Waals surface area (Å²) in [4.78, 5) is 24.9. The van der Waals surface area contributed by atoms with Crippen molar-refractivity contribution >= 4 is 27.8 Å². The first-order valence-corrected chi connectivity index (χ1v) is 10.8. The Hall–Kier alpha value is -2.40. The molecule has 1 heterocycles. The van der Waals surface area contributed by atoms with Crippen LogP contribution in [0, 0.1) is 6.92 Å². The highest BCUT2D eigenvalue weighted by molar-refractivity contribution is 7.98. The molecule has 0 saturated heterocycles. The maximum atomic E-state index is 12.7. The van der Waals surface area contributed by atoms with E-state index in [0.717, 1.165) is 34.8 Å². The molecule has 0 spiro atoms. The second-order valence-electron chi connectivity index (χ2n) is 6.60. The fourth-order valence-electron chi connectivity index (χ4n) is 2.43. The predicted octanol–water partition coefficient (Wildman–Crippen LogP) is 1.36. The average Bonchev–Trinajstić information content (AvgIpc) is 3.35. The molecule has 1 fully saturated rings. The first-order valence-electron chi connectivity index (χ1n) is 8.11. The number of urea groups is 1. The lowest BCUT2D eigenvalue weighted by molar-refractivity contribution is 0.253. The van der Waals surface area contributed by atoms with Crippen molar-refractivity contribution in [3.05, 3.63) is 45.9 Å². The van der Waals surface area contributed by atoms with Gasteiger partial charge in [-0.1, -0.05) is 36.4 Å². The Bertz CT molecular complexity index is 1040. The number of hydrogen-bond donors (Lipinski definition) is 2. The first kappa shape index (κ1) is 19.4. The average molecular weight is 409 g/mol. The molecule has 1 saturated carbocycles. The number of sulfonamides is 1. The Morgan fingerprint density at radius 1 is 1.22 bits per heavy atom. The van der Waals surface area contributed by atoms with Gasteiger partial charge < -0.3 is 0 Å². The van der Waals surface area contributed by atoms with Crippen LogP contribution >= 0.6 is 11.8 Å². The van der Waals surface area contributed by atoms with Crippen LogP contribution in [-0.2, 0) is 15.4 Å². The van der Waals surface area contributed by atoms with Crippen molar-refractivity contribution < 1.29 is 13.2 Å². The molecule has 1 aromatic carbocycles. The van der Waals surface area contributed by atoms with Crippen LogP contribution in [0.25, 0.3) is 0 Å². The summed E-state index contributed by atoms with van der Waals surface area (Å²) < 4.78 is 27.5. The van der Waals surface area contributed by atoms with Gasteiger partial charge >= 0.3 is 6.03 Å². The predicted molar refractivity (Wildman–Crippen MR) is 101 cm³/mol. The van der Waals surface area contributed by atoms with Gasteiger partial charge in [-0.2, -0.15) is 4.68 Å². The molecule has 1 aromatic heterocycles. The van der Waals surface area contributed by atoms with Gasteiger partial charge in [-0.3, -0.25) is 4.79 Å². The van der Waals surface area contributed by atoms with Crippen molar-refractivity contribution in [3.8, 4) is 0 Å². The summed E-state index contributed by atoms with van der Waals surface area (Å²) in [6.45, 7) is 3.71. The Balaban J connectivity index is 1.85. The second-order valence-corrected chi connectivity index (χ2v) is 9.05. The molecule has 0 radical (unpaired) electrons. The quantitative estimate of drug-likeness (QED) is 0.715. The van der Waals surface area contributed by atoms with Crippen LogP contribution in [-0.4, -0.2) is 35.6 Å². The molecule has 2 aromatic rings. The summed E-state index contributed by atoms with van der Waals surface area (Å²) in [5.74, 6) is 0. The fraction of sp³-hybridized carbons (Fsp3) is 0.375. The normalized spacial score (nSPS) is 15.2.